The SMILES string of the molecule is COc1cc(NC(=O)OCCN(C)[C@H]2CC[C@H](OC(=O)C(O)(c3cccs3)c3cccs3)CC2)c(Cl)cc1CNC[C@H](O[Si](C)(C)C(C)(C)C)c1ccc(O)c2c1OCC(=O)N2. The van der Waals surface area contributed by atoms with Crippen LogP contribution in [0.5, 0.6) is 17.2 Å². The summed E-state index contributed by atoms with van der Waals surface area (Å²) >= 11 is 9.33. The Morgan fingerprint density at radius 3 is 2.35 bits per heavy atom. The molecule has 5 N–H and O–H groups in total. The molecule has 4 aromatic rings. The molecule has 2 aliphatic rings. The van der Waals surface area contributed by atoms with Gasteiger partial charge in [-0.25, -0.2) is 9.59 Å². The summed E-state index contributed by atoms with van der Waals surface area (Å²) in [7, 11) is 1.19. The van der Waals surface area contributed by atoms with Gasteiger partial charge in [-0.1, -0.05) is 44.5 Å². The fraction of sp³-hybridized carbons (Fsp3) is 0.477. The summed E-state index contributed by atoms with van der Waals surface area (Å²) < 4.78 is 29.9. The number of nitrogens with one attached hydrogen (secondary N) is 3. The van der Waals surface area contributed by atoms with E-state index in [4.69, 9.17) is 35.0 Å². The average Bonchev–Trinajstić information content (AvgIpc) is 3.98. The quantitative estimate of drug-likeness (QED) is 0.0388. The molecule has 0 unspecified atom stereocenters. The van der Waals surface area contributed by atoms with Crippen LogP contribution in [0.2, 0.25) is 23.2 Å². The molecule has 0 saturated heterocycles. The minimum absolute atomic E-state index is 0.0903. The molecule has 1 saturated carbocycles. The van der Waals surface area contributed by atoms with E-state index >= 15 is 0 Å². The third kappa shape index (κ3) is 10.9. The van der Waals surface area contributed by atoms with Gasteiger partial charge >= 0.3 is 12.1 Å². The Bertz CT molecular complexity index is 2140. The highest BCUT2D eigenvalue weighted by molar-refractivity contribution is 7.12. The molecule has 18 heteroatoms. The number of aromatic hydroxyl groups is 1. The van der Waals surface area contributed by atoms with Crippen LogP contribution in [0.4, 0.5) is 16.2 Å². The van der Waals surface area contributed by atoms with E-state index in [-0.39, 0.29) is 47.7 Å². The van der Waals surface area contributed by atoms with Gasteiger partial charge in [0.15, 0.2) is 20.7 Å². The number of halogens is 1. The number of fused-ring (bicyclic) bond motifs is 1. The number of esters is 1. The number of phenols is 1. The second-order valence-corrected chi connectivity index (χ2v) is 24.2. The van der Waals surface area contributed by atoms with Gasteiger partial charge in [0, 0.05) is 42.9 Å². The molecule has 1 atom stereocenters. The maximum absolute atomic E-state index is 13.4. The van der Waals surface area contributed by atoms with Crippen molar-refractivity contribution < 1.29 is 48.0 Å². The van der Waals surface area contributed by atoms with Crippen LogP contribution in [-0.4, -0.2) is 94.0 Å². The summed E-state index contributed by atoms with van der Waals surface area (Å²) in [6.45, 7) is 11.9. The lowest BCUT2D eigenvalue weighted by atomic mass is 9.91. The Labute approximate surface area is 376 Å². The molecule has 62 heavy (non-hydrogen) atoms. The Hall–Kier alpha value is -4.20. The van der Waals surface area contributed by atoms with Crippen molar-refractivity contribution in [3.63, 3.8) is 0 Å². The number of thiophene rings is 2. The van der Waals surface area contributed by atoms with Crippen molar-refractivity contribution in [2.75, 3.05) is 51.1 Å². The Morgan fingerprint density at radius 1 is 1.06 bits per heavy atom. The predicted octanol–water partition coefficient (Wildman–Crippen LogP) is 8.63. The van der Waals surface area contributed by atoms with Crippen molar-refractivity contribution in [2.45, 2.75) is 95.0 Å². The number of amides is 2. The van der Waals surface area contributed by atoms with Crippen molar-refractivity contribution in [2.24, 2.45) is 0 Å². The molecule has 2 aromatic carbocycles. The minimum Gasteiger partial charge on any atom is -0.506 e. The van der Waals surface area contributed by atoms with Gasteiger partial charge in [-0.05, 0) is 92.0 Å². The number of methoxy groups -OCH3 is 1. The Balaban J connectivity index is 0.991. The van der Waals surface area contributed by atoms with E-state index in [1.165, 1.54) is 35.8 Å². The number of phenolic OH excluding ortho intramolecular Hbond substituents is 1. The first kappa shape index (κ1) is 47.3. The summed E-state index contributed by atoms with van der Waals surface area (Å²) in [5.41, 5.74) is 0.163. The standard InChI is InChI=1S/C44H57ClN4O10S2Si/c1-43(2,3)62(6,7)59-35(30-16-17-33(50)39-40(30)57-26-38(51)48-39)25-46-24-27-22-31(45)32(23-34(27)55-5)47-42(53)56-19-18-49(4)28-12-14-29(15-13-28)58-41(52)44(54,36-10-8-20-60-36)37-11-9-21-61-37/h8-11,16-17,20-23,28-29,35,46,50,54H,12-15,18-19,24-26H2,1-7H3,(H,47,53)(H,48,51)/t28-,29-,35-/m0/s1. The first-order valence-corrected chi connectivity index (χ1v) is 25.6. The molecule has 1 fully saturated rings. The average molecular weight is 930 g/mol. The molecule has 1 aliphatic carbocycles. The van der Waals surface area contributed by atoms with Crippen molar-refractivity contribution in [1.29, 1.82) is 0 Å². The van der Waals surface area contributed by atoms with Gasteiger partial charge in [-0.3, -0.25) is 10.1 Å². The van der Waals surface area contributed by atoms with Crippen molar-refractivity contribution >= 4 is 71.9 Å². The highest BCUT2D eigenvalue weighted by Gasteiger charge is 2.45. The number of aliphatic hydroxyl groups is 1. The molecule has 0 radical (unpaired) electrons. The van der Waals surface area contributed by atoms with Gasteiger partial charge in [-0.2, -0.15) is 0 Å². The number of carbonyl (C=O) groups excluding carboxylic acids is 3. The molecule has 2 aromatic heterocycles. The molecule has 14 nitrogen and oxygen atoms in total. The van der Waals surface area contributed by atoms with E-state index in [9.17, 15) is 24.6 Å². The minimum atomic E-state index is -2.32. The van der Waals surface area contributed by atoms with Crippen LogP contribution >= 0.6 is 34.3 Å². The van der Waals surface area contributed by atoms with Gasteiger partial charge in [-0.15, -0.1) is 22.7 Å². The monoisotopic (exact) mass is 928 g/mol. The number of ether oxygens (including phenoxy) is 4. The molecular formula is C44H57ClN4O10S2Si. The fourth-order valence-electron chi connectivity index (χ4n) is 7.28. The van der Waals surface area contributed by atoms with Crippen molar-refractivity contribution in [1.82, 2.24) is 10.2 Å². The van der Waals surface area contributed by atoms with Crippen LogP contribution in [0.25, 0.3) is 0 Å². The highest BCUT2D eigenvalue weighted by Crippen LogP contribution is 2.46. The zero-order valence-corrected chi connectivity index (χ0v) is 39.6. The Kier molecular flexibility index (Phi) is 15.3. The zero-order chi connectivity index (χ0) is 44.8. The number of carbonyl (C=O) groups is 3. The number of hydrogen-bond acceptors (Lipinski definition) is 14. The predicted molar refractivity (Wildman–Crippen MR) is 244 cm³/mol. The van der Waals surface area contributed by atoms with Gasteiger partial charge < -0.3 is 49.1 Å². The summed E-state index contributed by atoms with van der Waals surface area (Å²) in [4.78, 5) is 41.6. The summed E-state index contributed by atoms with van der Waals surface area (Å²) in [5.74, 6) is -0.221. The molecule has 2 amide bonds. The third-order valence-corrected chi connectivity index (χ3v) is 18.6. The molecule has 336 valence electrons. The number of hydrogen-bond donors (Lipinski definition) is 5. The van der Waals surface area contributed by atoms with Crippen LogP contribution in [0, 0.1) is 0 Å². The molecule has 3 heterocycles. The maximum atomic E-state index is 13.4. The largest absolute Gasteiger partial charge is 0.506 e. The van der Waals surface area contributed by atoms with Crippen LogP contribution in [-0.2, 0) is 35.6 Å². The second kappa shape index (κ2) is 20.1. The van der Waals surface area contributed by atoms with Crippen LogP contribution in [0.1, 0.15) is 73.4 Å². The smallest absolute Gasteiger partial charge is 0.411 e. The van der Waals surface area contributed by atoms with Gasteiger partial charge in [0.25, 0.3) is 5.91 Å². The zero-order valence-electron chi connectivity index (χ0n) is 36.2. The lowest BCUT2D eigenvalue weighted by Gasteiger charge is -2.40. The third-order valence-electron chi connectivity index (χ3n) is 11.9. The summed E-state index contributed by atoms with van der Waals surface area (Å²) in [5, 5.41) is 34.9. The summed E-state index contributed by atoms with van der Waals surface area (Å²) in [6.07, 6.45) is 1.42. The lowest BCUT2D eigenvalue weighted by Crippen LogP contribution is -2.43. The van der Waals surface area contributed by atoms with Gasteiger partial charge in [0.1, 0.15) is 29.9 Å². The molecule has 1 aliphatic heterocycles. The normalized spacial score (nSPS) is 17.4. The lowest BCUT2D eigenvalue weighted by molar-refractivity contribution is -0.169. The number of anilines is 2. The van der Waals surface area contributed by atoms with E-state index in [0.29, 0.717) is 70.0 Å². The van der Waals surface area contributed by atoms with Gasteiger partial charge in [0.05, 0.1) is 33.7 Å². The number of rotatable bonds is 17. The molecule has 0 spiro atoms. The number of likely N-dealkylation sites (N-methyl/N-ethyl adjacent to an activating group) is 1. The second-order valence-electron chi connectivity index (χ2n) is 17.1. The fourth-order valence-corrected chi connectivity index (χ4v) is 10.5. The highest BCUT2D eigenvalue weighted by atomic mass is 35.5. The van der Waals surface area contributed by atoms with Gasteiger partial charge in [0.2, 0.25) is 5.60 Å². The topological polar surface area (TPSA) is 177 Å². The van der Waals surface area contributed by atoms with E-state index in [2.05, 4.69) is 54.7 Å². The first-order chi connectivity index (χ1) is 29.4. The number of benzene rings is 2. The van der Waals surface area contributed by atoms with E-state index in [1.807, 2.05) is 29.9 Å². The van der Waals surface area contributed by atoms with Crippen molar-refractivity contribution in [3.8, 4) is 17.2 Å². The Morgan fingerprint density at radius 2 is 1.74 bits per heavy atom. The summed E-state index contributed by atoms with van der Waals surface area (Å²) in [6, 6.07) is 14.0. The van der Waals surface area contributed by atoms with Crippen LogP contribution in [0.15, 0.2) is 59.3 Å². The number of nitrogens with zero attached hydrogens (tertiary/aromatic N) is 1. The maximum Gasteiger partial charge on any atom is 0.411 e. The molecule has 6 rings (SSSR count). The van der Waals surface area contributed by atoms with E-state index in [1.54, 1.807) is 30.3 Å². The molecular weight excluding hydrogens is 872 g/mol. The van der Waals surface area contributed by atoms with Crippen LogP contribution < -0.4 is 25.4 Å². The van der Waals surface area contributed by atoms with E-state index in [0.717, 1.165) is 18.4 Å². The van der Waals surface area contributed by atoms with E-state index < -0.39 is 32.1 Å². The molecule has 0 bridgehead atoms. The first-order valence-electron chi connectivity index (χ1n) is 20.6. The van der Waals surface area contributed by atoms with Crippen molar-refractivity contribution in [3.05, 3.63) is 85.2 Å². The van der Waals surface area contributed by atoms with Crippen LogP contribution in [0.3, 0.4) is 0 Å².